The summed E-state index contributed by atoms with van der Waals surface area (Å²) in [6.07, 6.45) is -0.463. The van der Waals surface area contributed by atoms with Gasteiger partial charge in [-0.2, -0.15) is 5.26 Å². The van der Waals surface area contributed by atoms with Gasteiger partial charge in [-0.3, -0.25) is 4.79 Å². The van der Waals surface area contributed by atoms with Crippen molar-refractivity contribution in [2.75, 3.05) is 0 Å². The lowest BCUT2D eigenvalue weighted by Gasteiger charge is -2.44. The number of nitriles is 1. The van der Waals surface area contributed by atoms with Gasteiger partial charge in [0.15, 0.2) is 5.79 Å². The van der Waals surface area contributed by atoms with Crippen LogP contribution in [0.2, 0.25) is 0 Å². The standard InChI is InChI=1S/C10H15NO4/c1-9(2)14-7(6-11)4-10(3,15-9)5-8(12)13/h7H,4-5H2,1-3H3,(H,12,13). The number of hydrogen-bond acceptors (Lipinski definition) is 4. The van der Waals surface area contributed by atoms with Crippen molar-refractivity contribution < 1.29 is 19.4 Å². The third-order valence-electron chi connectivity index (χ3n) is 2.20. The van der Waals surface area contributed by atoms with Crippen LogP contribution in [-0.4, -0.2) is 28.6 Å². The van der Waals surface area contributed by atoms with Crippen LogP contribution >= 0.6 is 0 Å². The minimum absolute atomic E-state index is 0.127. The molecule has 5 nitrogen and oxygen atoms in total. The Kier molecular flexibility index (Phi) is 3.03. The fourth-order valence-corrected chi connectivity index (χ4v) is 1.94. The number of carbonyl (C=O) groups is 1. The Morgan fingerprint density at radius 2 is 2.20 bits per heavy atom. The number of aliphatic carboxylic acids is 1. The zero-order valence-corrected chi connectivity index (χ0v) is 9.11. The van der Waals surface area contributed by atoms with E-state index in [1.54, 1.807) is 20.8 Å². The molecule has 1 fully saturated rings. The topological polar surface area (TPSA) is 79.5 Å². The summed E-state index contributed by atoms with van der Waals surface area (Å²) in [5, 5.41) is 17.6. The first-order valence-corrected chi connectivity index (χ1v) is 4.76. The van der Waals surface area contributed by atoms with Crippen LogP contribution in [0.1, 0.15) is 33.6 Å². The number of ether oxygens (including phenoxy) is 2. The second kappa shape index (κ2) is 3.80. The van der Waals surface area contributed by atoms with E-state index in [1.807, 2.05) is 6.07 Å². The number of nitrogens with zero attached hydrogens (tertiary/aromatic N) is 1. The zero-order chi connectivity index (χ0) is 11.7. The molecule has 0 saturated carbocycles. The van der Waals surface area contributed by atoms with Gasteiger partial charge in [0.25, 0.3) is 0 Å². The Morgan fingerprint density at radius 1 is 1.60 bits per heavy atom. The fraction of sp³-hybridized carbons (Fsp3) is 0.800. The lowest BCUT2D eigenvalue weighted by molar-refractivity contribution is -0.320. The van der Waals surface area contributed by atoms with E-state index in [0.29, 0.717) is 0 Å². The smallest absolute Gasteiger partial charge is 0.306 e. The van der Waals surface area contributed by atoms with E-state index in [0.717, 1.165) is 0 Å². The molecular weight excluding hydrogens is 198 g/mol. The molecule has 0 aliphatic carbocycles. The molecule has 1 aliphatic rings. The molecule has 1 N–H and O–H groups in total. The van der Waals surface area contributed by atoms with Gasteiger partial charge in [0, 0.05) is 6.42 Å². The van der Waals surface area contributed by atoms with Crippen molar-refractivity contribution in [2.45, 2.75) is 51.1 Å². The Balaban J connectivity index is 2.82. The molecule has 0 radical (unpaired) electrons. The van der Waals surface area contributed by atoms with Crippen LogP contribution in [0.4, 0.5) is 0 Å². The molecule has 15 heavy (non-hydrogen) atoms. The van der Waals surface area contributed by atoms with E-state index in [4.69, 9.17) is 19.8 Å². The molecule has 1 aliphatic heterocycles. The maximum Gasteiger partial charge on any atom is 0.306 e. The van der Waals surface area contributed by atoms with Crippen LogP contribution in [0, 0.1) is 11.3 Å². The summed E-state index contributed by atoms with van der Waals surface area (Å²) in [6, 6.07) is 1.99. The summed E-state index contributed by atoms with van der Waals surface area (Å²) < 4.78 is 10.9. The van der Waals surface area contributed by atoms with Crippen molar-refractivity contribution in [3.05, 3.63) is 0 Å². The molecule has 0 spiro atoms. The van der Waals surface area contributed by atoms with Gasteiger partial charge < -0.3 is 14.6 Å². The van der Waals surface area contributed by atoms with E-state index in [1.165, 1.54) is 0 Å². The lowest BCUT2D eigenvalue weighted by atomic mass is 9.92. The molecule has 1 saturated heterocycles. The minimum atomic E-state index is -0.938. The van der Waals surface area contributed by atoms with E-state index >= 15 is 0 Å². The third kappa shape index (κ3) is 3.18. The van der Waals surface area contributed by atoms with E-state index in [2.05, 4.69) is 0 Å². The van der Waals surface area contributed by atoms with Crippen molar-refractivity contribution >= 4 is 5.97 Å². The van der Waals surface area contributed by atoms with Crippen LogP contribution in [0.5, 0.6) is 0 Å². The molecule has 0 bridgehead atoms. The summed E-state index contributed by atoms with van der Waals surface area (Å²) in [5.74, 6) is -1.85. The maximum atomic E-state index is 10.7. The molecule has 0 aromatic carbocycles. The summed E-state index contributed by atoms with van der Waals surface area (Å²) in [4.78, 5) is 10.7. The Labute approximate surface area is 88.6 Å². The zero-order valence-electron chi connectivity index (χ0n) is 9.11. The van der Waals surface area contributed by atoms with Crippen molar-refractivity contribution in [3.8, 4) is 6.07 Å². The van der Waals surface area contributed by atoms with Crippen molar-refractivity contribution in [3.63, 3.8) is 0 Å². The quantitative estimate of drug-likeness (QED) is 0.747. The molecule has 1 rings (SSSR count). The largest absolute Gasteiger partial charge is 0.481 e. The Bertz CT molecular complexity index is 307. The normalized spacial score (nSPS) is 34.4. The van der Waals surface area contributed by atoms with Gasteiger partial charge >= 0.3 is 5.97 Å². The second-order valence-corrected chi connectivity index (χ2v) is 4.46. The van der Waals surface area contributed by atoms with Crippen LogP contribution in [0.15, 0.2) is 0 Å². The molecule has 0 aromatic heterocycles. The SMILES string of the molecule is CC1(CC(=O)O)CC(C#N)OC(C)(C)O1. The first-order chi connectivity index (χ1) is 6.76. The highest BCUT2D eigenvalue weighted by atomic mass is 16.7. The molecule has 0 aromatic rings. The first kappa shape index (κ1) is 12.0. The van der Waals surface area contributed by atoms with Crippen molar-refractivity contribution in [1.29, 1.82) is 5.26 Å². The first-order valence-electron chi connectivity index (χ1n) is 4.76. The predicted octanol–water partition coefficient (Wildman–Crippen LogP) is 1.28. The number of carboxylic acids is 1. The van der Waals surface area contributed by atoms with Gasteiger partial charge in [-0.25, -0.2) is 0 Å². The number of rotatable bonds is 2. The lowest BCUT2D eigenvalue weighted by Crippen LogP contribution is -2.51. The van der Waals surface area contributed by atoms with Gasteiger partial charge in [0.2, 0.25) is 0 Å². The molecule has 1 heterocycles. The Hall–Kier alpha value is -1.12. The van der Waals surface area contributed by atoms with Crippen LogP contribution in [0.3, 0.4) is 0 Å². The summed E-state index contributed by atoms with van der Waals surface area (Å²) in [6.45, 7) is 5.04. The van der Waals surface area contributed by atoms with E-state index in [9.17, 15) is 4.79 Å². The average Bonchev–Trinajstić information content (AvgIpc) is 1.97. The predicted molar refractivity (Wildman–Crippen MR) is 50.9 cm³/mol. The van der Waals surface area contributed by atoms with Gasteiger partial charge in [-0.1, -0.05) is 0 Å². The van der Waals surface area contributed by atoms with E-state index in [-0.39, 0.29) is 12.8 Å². The molecule has 84 valence electrons. The molecule has 0 amide bonds. The highest BCUT2D eigenvalue weighted by molar-refractivity contribution is 5.68. The van der Waals surface area contributed by atoms with Gasteiger partial charge in [0.05, 0.1) is 18.1 Å². The van der Waals surface area contributed by atoms with Crippen LogP contribution in [0.25, 0.3) is 0 Å². The third-order valence-corrected chi connectivity index (χ3v) is 2.20. The Morgan fingerprint density at radius 3 is 2.67 bits per heavy atom. The summed E-state index contributed by atoms with van der Waals surface area (Å²) in [7, 11) is 0. The maximum absolute atomic E-state index is 10.7. The highest BCUT2D eigenvalue weighted by Gasteiger charge is 2.44. The van der Waals surface area contributed by atoms with Crippen LogP contribution in [-0.2, 0) is 14.3 Å². The summed E-state index contributed by atoms with van der Waals surface area (Å²) in [5.41, 5.74) is -0.839. The van der Waals surface area contributed by atoms with Gasteiger partial charge in [0.1, 0.15) is 6.10 Å². The molecule has 2 atom stereocenters. The number of carboxylic acid groups (broad SMARTS) is 1. The summed E-state index contributed by atoms with van der Waals surface area (Å²) >= 11 is 0. The minimum Gasteiger partial charge on any atom is -0.481 e. The molecule has 5 heteroatoms. The number of hydrogen-bond donors (Lipinski definition) is 1. The second-order valence-electron chi connectivity index (χ2n) is 4.46. The fourth-order valence-electron chi connectivity index (χ4n) is 1.94. The highest BCUT2D eigenvalue weighted by Crippen LogP contribution is 2.35. The van der Waals surface area contributed by atoms with Crippen molar-refractivity contribution in [1.82, 2.24) is 0 Å². The van der Waals surface area contributed by atoms with Gasteiger partial charge in [-0.15, -0.1) is 0 Å². The van der Waals surface area contributed by atoms with Gasteiger partial charge in [-0.05, 0) is 20.8 Å². The van der Waals surface area contributed by atoms with Crippen molar-refractivity contribution in [2.24, 2.45) is 0 Å². The molecular formula is C10H15NO4. The average molecular weight is 213 g/mol. The van der Waals surface area contributed by atoms with Crippen LogP contribution < -0.4 is 0 Å². The monoisotopic (exact) mass is 213 g/mol. The molecule has 2 unspecified atom stereocenters. The van der Waals surface area contributed by atoms with E-state index < -0.39 is 23.5 Å².